The number of benzene rings is 9. The van der Waals surface area contributed by atoms with Gasteiger partial charge in [0.1, 0.15) is 25.8 Å². The molecular weight excluding hydrogens is 1540 g/mol. The maximum absolute atomic E-state index is 5.69. The fraction of sp³-hybridized carbons (Fsp3) is 0.423. The monoisotopic (exact) mass is 1660 g/mol. The third-order valence-corrected chi connectivity index (χ3v) is 27.3. The number of thiophene rings is 3. The van der Waals surface area contributed by atoms with Crippen LogP contribution >= 0.6 is 34.0 Å². The van der Waals surface area contributed by atoms with Crippen molar-refractivity contribution in [3.05, 3.63) is 319 Å². The molecule has 6 aliphatic heterocycles. The van der Waals surface area contributed by atoms with Crippen LogP contribution in [0, 0.1) is 5.92 Å². The highest BCUT2D eigenvalue weighted by Crippen LogP contribution is 2.53. The molecule has 2 unspecified atom stereocenters. The van der Waals surface area contributed by atoms with Gasteiger partial charge in [0.25, 0.3) is 0 Å². The van der Waals surface area contributed by atoms with Gasteiger partial charge in [-0.15, -0.1) is 34.0 Å². The topological polar surface area (TPSA) is 111 Å². The van der Waals surface area contributed by atoms with Crippen LogP contribution in [0.25, 0.3) is 32.3 Å². The smallest absolute Gasteiger partial charge is 0.183 e. The van der Waals surface area contributed by atoms with Crippen LogP contribution in [0.5, 0.6) is 0 Å². The molecule has 0 radical (unpaired) electrons. The highest BCUT2D eigenvalue weighted by molar-refractivity contribution is 7.10. The van der Waals surface area contributed by atoms with E-state index in [1.54, 1.807) is 14.6 Å². The molecule has 15 heteroatoms. The predicted octanol–water partition coefficient (Wildman–Crippen LogP) is 26.4. The summed E-state index contributed by atoms with van der Waals surface area (Å²) in [5.74, 6) is 3.69. The molecule has 12 aromatic rings. The average molecular weight is 1660 g/mol. The first-order chi connectivity index (χ1) is 59.0. The Kier molecular flexibility index (Phi) is 36.0. The average Bonchev–Trinajstić information content (AvgIpc) is 1.77. The van der Waals surface area contributed by atoms with Crippen LogP contribution in [-0.4, -0.2) is 106 Å². The first kappa shape index (κ1) is 87.7. The summed E-state index contributed by atoms with van der Waals surface area (Å²) in [4.78, 5) is 4.90. The normalized spacial score (nSPS) is 21.8. The molecule has 9 heterocycles. The predicted molar refractivity (Wildman–Crippen MR) is 485 cm³/mol. The van der Waals surface area contributed by atoms with Crippen LogP contribution in [0.4, 0.5) is 0 Å². The Hall–Kier alpha value is -7.62. The highest BCUT2D eigenvalue weighted by atomic mass is 32.1. The molecule has 119 heavy (non-hydrogen) atoms. The van der Waals surface area contributed by atoms with E-state index in [2.05, 4.69) is 204 Å². The minimum Gasteiger partial charge on any atom is -0.376 e. The van der Waals surface area contributed by atoms with Gasteiger partial charge in [-0.3, -0.25) is 0 Å². The minimum atomic E-state index is -0.182. The number of ether oxygens (including phenoxy) is 12. The molecule has 6 saturated heterocycles. The molecule has 12 nitrogen and oxygen atoms in total. The second kappa shape index (κ2) is 48.9. The van der Waals surface area contributed by atoms with Gasteiger partial charge in [-0.25, -0.2) is 0 Å². The Morgan fingerprint density at radius 3 is 1.06 bits per heavy atom. The zero-order valence-corrected chi connectivity index (χ0v) is 71.8. The molecule has 2 bridgehead atoms. The van der Waals surface area contributed by atoms with E-state index >= 15 is 0 Å². The molecule has 23 rings (SSSR count). The van der Waals surface area contributed by atoms with E-state index in [-0.39, 0.29) is 24.8 Å². The molecule has 5 saturated carbocycles. The third kappa shape index (κ3) is 27.4. The largest absolute Gasteiger partial charge is 0.376 e. The van der Waals surface area contributed by atoms with E-state index < -0.39 is 0 Å². The van der Waals surface area contributed by atoms with Gasteiger partial charge < -0.3 is 56.8 Å². The van der Waals surface area contributed by atoms with Crippen molar-refractivity contribution < 1.29 is 56.8 Å². The Bertz CT molecular complexity index is 4270. The Labute approximate surface area is 718 Å². The molecule has 0 amide bonds. The van der Waals surface area contributed by atoms with Gasteiger partial charge in [0, 0.05) is 43.0 Å². The lowest BCUT2D eigenvalue weighted by Crippen LogP contribution is -2.36. The maximum Gasteiger partial charge on any atom is 0.183 e. The maximum atomic E-state index is 5.69. The van der Waals surface area contributed by atoms with Crippen molar-refractivity contribution in [2.45, 2.75) is 169 Å². The van der Waals surface area contributed by atoms with Crippen molar-refractivity contribution >= 4 is 66.3 Å². The zero-order chi connectivity index (χ0) is 80.8. The van der Waals surface area contributed by atoms with Gasteiger partial charge in [0.05, 0.1) is 92.5 Å². The summed E-state index contributed by atoms with van der Waals surface area (Å²) >= 11 is 5.84. The number of fused-ring (bicyclic) bond motifs is 6. The summed E-state index contributed by atoms with van der Waals surface area (Å²) in [7, 11) is 0. The number of rotatable bonds is 9. The SMILES string of the molecule is c1ccc(C2COCCO2)cc1.c1ccc(C2COCOC2)cc1.c1ccc(C2OCCCO2)cc1.c1ccc2cc(C3COCCO3)ccc2c1.c1ccc2cc(C3COCOC3)ccc2c1.c1ccc2cc(C3OCCCO3)ccc2c1.c1csc(C23CCC(CC2)CC3)c1.c1csc(C2CCCCC2)c1.c1csc(C2CCCCC2)c1. The van der Waals surface area contributed by atoms with Crippen LogP contribution in [0.3, 0.4) is 0 Å². The van der Waals surface area contributed by atoms with Crippen LogP contribution in [0.15, 0.2) is 271 Å². The van der Waals surface area contributed by atoms with E-state index in [4.69, 9.17) is 56.8 Å². The lowest BCUT2D eigenvalue weighted by molar-refractivity contribution is -0.183. The van der Waals surface area contributed by atoms with Crippen LogP contribution < -0.4 is 0 Å². The molecule has 628 valence electrons. The van der Waals surface area contributed by atoms with Gasteiger partial charge in [0.2, 0.25) is 0 Å². The van der Waals surface area contributed by atoms with Crippen molar-refractivity contribution in [2.75, 3.05) is 106 Å². The Morgan fingerprint density at radius 2 is 0.622 bits per heavy atom. The van der Waals surface area contributed by atoms with Crippen molar-refractivity contribution in [2.24, 2.45) is 5.92 Å². The Balaban J connectivity index is 0.000000110. The molecular formula is C104H122O12S3. The molecule has 0 spiro atoms. The number of hydrogen-bond donors (Lipinski definition) is 0. The summed E-state index contributed by atoms with van der Waals surface area (Å²) in [6.45, 7) is 11.3. The number of hydrogen-bond acceptors (Lipinski definition) is 15. The van der Waals surface area contributed by atoms with Gasteiger partial charge in [-0.2, -0.15) is 0 Å². The summed E-state index contributed by atoms with van der Waals surface area (Å²) in [5, 5.41) is 14.2. The quantitative estimate of drug-likeness (QED) is 0.137. The van der Waals surface area contributed by atoms with Crippen LogP contribution in [0.2, 0.25) is 0 Å². The van der Waals surface area contributed by atoms with Crippen molar-refractivity contribution in [1.82, 2.24) is 0 Å². The van der Waals surface area contributed by atoms with Crippen molar-refractivity contribution in [3.63, 3.8) is 0 Å². The fourth-order valence-electron chi connectivity index (χ4n) is 17.3. The van der Waals surface area contributed by atoms with Gasteiger partial charge >= 0.3 is 0 Å². The highest BCUT2D eigenvalue weighted by Gasteiger charge is 2.42. The van der Waals surface area contributed by atoms with Gasteiger partial charge in [-0.1, -0.05) is 263 Å². The first-order valence-electron chi connectivity index (χ1n) is 43.9. The molecule has 0 N–H and O–H groups in total. The molecule has 11 aliphatic rings. The lowest BCUT2D eigenvalue weighted by Gasteiger charge is -2.46. The second-order valence-electron chi connectivity index (χ2n) is 32.3. The van der Waals surface area contributed by atoms with Crippen molar-refractivity contribution in [3.8, 4) is 0 Å². The van der Waals surface area contributed by atoms with Crippen LogP contribution in [0.1, 0.15) is 212 Å². The first-order valence-corrected chi connectivity index (χ1v) is 46.5. The fourth-order valence-corrected chi connectivity index (χ4v) is 20.1. The summed E-state index contributed by atoms with van der Waals surface area (Å²) < 4.78 is 65.1. The molecule has 5 aliphatic carbocycles. The van der Waals surface area contributed by atoms with E-state index in [9.17, 15) is 0 Å². The minimum absolute atomic E-state index is 0.0957. The standard InChI is InChI=1S/3C14H14O2.C12H16S.3C10H12O2.2C10H14S/c1-2-5-12-10-13(7-6-11(12)4-1)14-15-8-3-9-16-14;1-2-4-12-7-13(6-5-11(12)3-1)14-8-15-10-16-9-14;1-2-4-12-9-13(6-5-11(12)3-1)14-10-15-7-8-16-14;1-2-11(13-9-1)12-6-3-10(4-7-12)5-8-12;1-2-5-9(6-3-1)10-11-7-4-8-12-10;1-2-4-9(5-3-1)10-6-11-8-12-7-10;1-2-4-9(5-3-1)10-8-11-6-7-12-10;2*1-2-5-9(6-3-1)10-7-4-8-11-10/h1-2,4-7,10,14H,3,8-9H2;1-7,14H,8-10H2;1-6,9,14H,7-8,10H2;1-2,9-10H,3-8H2;1-3,5-6,10H,4,7-8H2;2*1-5,10H,6-8H2;2*4,7-9H,1-3,5-6H2. The van der Waals surface area contributed by atoms with Crippen LogP contribution in [-0.2, 0) is 62.3 Å². The van der Waals surface area contributed by atoms with E-state index in [0.29, 0.717) is 63.9 Å². The molecule has 11 fully saturated rings. The summed E-state index contributed by atoms with van der Waals surface area (Å²) in [6, 6.07) is 88.5. The Morgan fingerprint density at radius 1 is 0.244 bits per heavy atom. The molecule has 3 aromatic heterocycles. The van der Waals surface area contributed by atoms with Crippen molar-refractivity contribution in [1.29, 1.82) is 0 Å². The van der Waals surface area contributed by atoms with E-state index in [1.807, 2.05) is 101 Å². The second-order valence-corrected chi connectivity index (χ2v) is 35.2. The van der Waals surface area contributed by atoms with Gasteiger partial charge in [-0.05, 0) is 196 Å². The van der Waals surface area contributed by atoms with E-state index in [1.165, 1.54) is 157 Å². The zero-order valence-electron chi connectivity index (χ0n) is 69.3. The summed E-state index contributed by atoms with van der Waals surface area (Å²) in [6.07, 6.45) is 25.2. The molecule has 2 atom stereocenters. The summed E-state index contributed by atoms with van der Waals surface area (Å²) in [5.41, 5.74) is 7.87. The lowest BCUT2D eigenvalue weighted by atomic mass is 9.60. The van der Waals surface area contributed by atoms with E-state index in [0.717, 1.165) is 101 Å². The molecule has 9 aromatic carbocycles. The third-order valence-electron chi connectivity index (χ3n) is 24.1. The van der Waals surface area contributed by atoms with Gasteiger partial charge in [0.15, 0.2) is 12.6 Å².